The molecular formula is C11H14BrNO3. The summed E-state index contributed by atoms with van der Waals surface area (Å²) in [5, 5.41) is 8.82. The molecule has 0 fully saturated rings. The average molecular weight is 288 g/mol. The molecule has 1 aromatic carbocycles. The van der Waals surface area contributed by atoms with Gasteiger partial charge < -0.3 is 15.6 Å². The molecule has 0 aromatic heterocycles. The lowest BCUT2D eigenvalue weighted by atomic mass is 9.95. The van der Waals surface area contributed by atoms with Crippen molar-refractivity contribution in [2.75, 3.05) is 13.7 Å². The molecule has 0 radical (unpaired) electrons. The van der Waals surface area contributed by atoms with Gasteiger partial charge in [0.05, 0.1) is 13.5 Å². The highest BCUT2D eigenvalue weighted by atomic mass is 79.9. The molecule has 4 nitrogen and oxygen atoms in total. The van der Waals surface area contributed by atoms with Crippen molar-refractivity contribution in [1.82, 2.24) is 0 Å². The van der Waals surface area contributed by atoms with E-state index in [4.69, 9.17) is 15.6 Å². The van der Waals surface area contributed by atoms with E-state index in [1.54, 1.807) is 13.2 Å². The van der Waals surface area contributed by atoms with E-state index < -0.39 is 5.97 Å². The van der Waals surface area contributed by atoms with Gasteiger partial charge in [-0.15, -0.1) is 0 Å². The summed E-state index contributed by atoms with van der Waals surface area (Å²) in [5.41, 5.74) is 6.42. The number of carboxylic acids is 1. The SMILES string of the molecule is COc1cccc(Br)c1C(CN)CC(=O)O. The van der Waals surface area contributed by atoms with Crippen LogP contribution >= 0.6 is 15.9 Å². The number of methoxy groups -OCH3 is 1. The molecule has 16 heavy (non-hydrogen) atoms. The third kappa shape index (κ3) is 2.96. The van der Waals surface area contributed by atoms with Gasteiger partial charge in [0.1, 0.15) is 5.75 Å². The van der Waals surface area contributed by atoms with E-state index in [0.29, 0.717) is 5.75 Å². The number of halogens is 1. The highest BCUT2D eigenvalue weighted by Crippen LogP contribution is 2.34. The zero-order valence-electron chi connectivity index (χ0n) is 8.94. The zero-order valence-corrected chi connectivity index (χ0v) is 10.5. The largest absolute Gasteiger partial charge is 0.496 e. The first-order valence-electron chi connectivity index (χ1n) is 4.84. The molecule has 1 aromatic rings. The van der Waals surface area contributed by atoms with Crippen LogP contribution in [0.1, 0.15) is 17.9 Å². The summed E-state index contributed by atoms with van der Waals surface area (Å²) in [4.78, 5) is 10.7. The normalized spacial score (nSPS) is 12.2. The lowest BCUT2D eigenvalue weighted by molar-refractivity contribution is -0.137. The van der Waals surface area contributed by atoms with Crippen LogP contribution in [0.4, 0.5) is 0 Å². The van der Waals surface area contributed by atoms with E-state index in [0.717, 1.165) is 10.0 Å². The fraction of sp³-hybridized carbons (Fsp3) is 0.364. The molecule has 3 N–H and O–H groups in total. The maximum Gasteiger partial charge on any atom is 0.304 e. The fourth-order valence-corrected chi connectivity index (χ4v) is 2.28. The van der Waals surface area contributed by atoms with Gasteiger partial charge in [-0.05, 0) is 18.7 Å². The third-order valence-corrected chi connectivity index (χ3v) is 3.04. The van der Waals surface area contributed by atoms with Crippen LogP contribution in [-0.4, -0.2) is 24.7 Å². The number of carboxylic acid groups (broad SMARTS) is 1. The first-order chi connectivity index (χ1) is 7.60. The van der Waals surface area contributed by atoms with Crippen molar-refractivity contribution in [3.63, 3.8) is 0 Å². The number of rotatable bonds is 5. The van der Waals surface area contributed by atoms with Crippen molar-refractivity contribution in [2.24, 2.45) is 5.73 Å². The monoisotopic (exact) mass is 287 g/mol. The average Bonchev–Trinajstić information content (AvgIpc) is 2.25. The molecule has 0 heterocycles. The Balaban J connectivity index is 3.12. The second-order valence-electron chi connectivity index (χ2n) is 3.39. The van der Waals surface area contributed by atoms with Gasteiger partial charge in [-0.1, -0.05) is 22.0 Å². The topological polar surface area (TPSA) is 72.5 Å². The van der Waals surface area contributed by atoms with Crippen molar-refractivity contribution in [3.8, 4) is 5.75 Å². The van der Waals surface area contributed by atoms with Crippen molar-refractivity contribution < 1.29 is 14.6 Å². The number of hydrogen-bond donors (Lipinski definition) is 2. The van der Waals surface area contributed by atoms with Gasteiger partial charge in [0.15, 0.2) is 0 Å². The number of aliphatic carboxylic acids is 1. The molecule has 0 saturated carbocycles. The lowest BCUT2D eigenvalue weighted by Crippen LogP contribution is -2.17. The molecule has 5 heteroatoms. The molecule has 88 valence electrons. The Kier molecular flexibility index (Phi) is 4.76. The Morgan fingerprint density at radius 1 is 1.62 bits per heavy atom. The van der Waals surface area contributed by atoms with Crippen molar-refractivity contribution >= 4 is 21.9 Å². The number of carbonyl (C=O) groups is 1. The van der Waals surface area contributed by atoms with Crippen LogP contribution in [0.3, 0.4) is 0 Å². The quantitative estimate of drug-likeness (QED) is 0.869. The smallest absolute Gasteiger partial charge is 0.304 e. The second kappa shape index (κ2) is 5.86. The van der Waals surface area contributed by atoms with Crippen LogP contribution < -0.4 is 10.5 Å². The molecule has 0 aliphatic heterocycles. The first-order valence-corrected chi connectivity index (χ1v) is 5.63. The van der Waals surface area contributed by atoms with E-state index in [1.165, 1.54) is 0 Å². The maximum absolute atomic E-state index is 10.7. The molecule has 1 rings (SSSR count). The maximum atomic E-state index is 10.7. The number of hydrogen-bond acceptors (Lipinski definition) is 3. The minimum atomic E-state index is -0.867. The number of benzene rings is 1. The van der Waals surface area contributed by atoms with Gasteiger partial charge in [0, 0.05) is 16.0 Å². The second-order valence-corrected chi connectivity index (χ2v) is 4.24. The molecule has 0 saturated heterocycles. The molecule has 0 amide bonds. The van der Waals surface area contributed by atoms with Crippen molar-refractivity contribution in [3.05, 3.63) is 28.2 Å². The third-order valence-electron chi connectivity index (χ3n) is 2.35. The van der Waals surface area contributed by atoms with Crippen LogP contribution in [0.2, 0.25) is 0 Å². The summed E-state index contributed by atoms with van der Waals surface area (Å²) in [5.74, 6) is -0.456. The van der Waals surface area contributed by atoms with E-state index in [2.05, 4.69) is 15.9 Å². The summed E-state index contributed by atoms with van der Waals surface area (Å²) in [6.45, 7) is 0.269. The Bertz CT molecular complexity index is 381. The first kappa shape index (κ1) is 13.0. The Morgan fingerprint density at radius 2 is 2.31 bits per heavy atom. The Morgan fingerprint density at radius 3 is 2.81 bits per heavy atom. The minimum Gasteiger partial charge on any atom is -0.496 e. The van der Waals surface area contributed by atoms with Crippen LogP contribution in [0.5, 0.6) is 5.75 Å². The van der Waals surface area contributed by atoms with Crippen molar-refractivity contribution in [1.29, 1.82) is 0 Å². The van der Waals surface area contributed by atoms with Crippen LogP contribution in [0.25, 0.3) is 0 Å². The summed E-state index contributed by atoms with van der Waals surface area (Å²) in [6, 6.07) is 5.48. The Hall–Kier alpha value is -1.07. The molecule has 0 spiro atoms. The summed E-state index contributed by atoms with van der Waals surface area (Å²) in [6.07, 6.45) is -0.00449. The van der Waals surface area contributed by atoms with Gasteiger partial charge in [-0.2, -0.15) is 0 Å². The van der Waals surface area contributed by atoms with Gasteiger partial charge in [0.2, 0.25) is 0 Å². The predicted molar refractivity (Wildman–Crippen MR) is 64.7 cm³/mol. The van der Waals surface area contributed by atoms with E-state index in [-0.39, 0.29) is 18.9 Å². The molecular weight excluding hydrogens is 274 g/mol. The van der Waals surface area contributed by atoms with E-state index in [9.17, 15) is 4.79 Å². The molecule has 1 unspecified atom stereocenters. The van der Waals surface area contributed by atoms with Gasteiger partial charge in [-0.25, -0.2) is 0 Å². The lowest BCUT2D eigenvalue weighted by Gasteiger charge is -2.18. The number of ether oxygens (including phenoxy) is 1. The van der Waals surface area contributed by atoms with Gasteiger partial charge in [-0.3, -0.25) is 4.79 Å². The predicted octanol–water partition coefficient (Wildman–Crippen LogP) is 1.97. The molecule has 0 aliphatic carbocycles. The molecule has 1 atom stereocenters. The number of nitrogens with two attached hydrogens (primary N) is 1. The van der Waals surface area contributed by atoms with Crippen LogP contribution in [-0.2, 0) is 4.79 Å². The highest BCUT2D eigenvalue weighted by Gasteiger charge is 2.20. The summed E-state index contributed by atoms with van der Waals surface area (Å²) >= 11 is 3.39. The van der Waals surface area contributed by atoms with Gasteiger partial charge >= 0.3 is 5.97 Å². The van der Waals surface area contributed by atoms with Crippen molar-refractivity contribution in [2.45, 2.75) is 12.3 Å². The summed E-state index contributed by atoms with van der Waals surface area (Å²) < 4.78 is 6.03. The van der Waals surface area contributed by atoms with Crippen LogP contribution in [0, 0.1) is 0 Å². The van der Waals surface area contributed by atoms with E-state index >= 15 is 0 Å². The zero-order chi connectivity index (χ0) is 12.1. The highest BCUT2D eigenvalue weighted by molar-refractivity contribution is 9.10. The Labute approximate surface area is 103 Å². The molecule has 0 aliphatic rings. The standard InChI is InChI=1S/C11H14BrNO3/c1-16-9-4-2-3-8(12)11(9)7(6-13)5-10(14)15/h2-4,7H,5-6,13H2,1H3,(H,14,15). The van der Waals surface area contributed by atoms with Crippen LogP contribution in [0.15, 0.2) is 22.7 Å². The van der Waals surface area contributed by atoms with Gasteiger partial charge in [0.25, 0.3) is 0 Å². The fourth-order valence-electron chi connectivity index (χ4n) is 1.61. The summed E-state index contributed by atoms with van der Waals surface area (Å²) in [7, 11) is 1.56. The van der Waals surface area contributed by atoms with E-state index in [1.807, 2.05) is 12.1 Å². The molecule has 0 bridgehead atoms. The minimum absolute atomic E-state index is 0.00449.